The van der Waals surface area contributed by atoms with Crippen LogP contribution in [0.2, 0.25) is 0 Å². The summed E-state index contributed by atoms with van der Waals surface area (Å²) < 4.78 is 5.27. The van der Waals surface area contributed by atoms with Gasteiger partial charge in [0.25, 0.3) is 0 Å². The van der Waals surface area contributed by atoms with Gasteiger partial charge in [0.1, 0.15) is 6.26 Å². The lowest BCUT2D eigenvalue weighted by Gasteiger charge is -2.01. The summed E-state index contributed by atoms with van der Waals surface area (Å²) in [5, 5.41) is 0. The molecular formula is C13H15NO. The van der Waals surface area contributed by atoms with Crippen LogP contribution in [0.5, 0.6) is 0 Å². The summed E-state index contributed by atoms with van der Waals surface area (Å²) in [4.78, 5) is 4.14. The second-order valence-corrected chi connectivity index (χ2v) is 3.64. The first kappa shape index (κ1) is 9.97. The highest BCUT2D eigenvalue weighted by atomic mass is 16.3. The zero-order valence-corrected chi connectivity index (χ0v) is 8.94. The average Bonchev–Trinajstić information content (AvgIpc) is 2.80. The van der Waals surface area contributed by atoms with Crippen molar-refractivity contribution in [1.29, 1.82) is 0 Å². The van der Waals surface area contributed by atoms with Crippen molar-refractivity contribution < 1.29 is 4.42 Å². The minimum absolute atomic E-state index is 0.702. The zero-order chi connectivity index (χ0) is 10.5. The molecule has 2 rings (SSSR count). The molecule has 0 aliphatic carbocycles. The average molecular weight is 201 g/mol. The molecule has 0 spiro atoms. The number of aryl methyl sites for hydroxylation is 1. The lowest BCUT2D eigenvalue weighted by Crippen LogP contribution is -1.85. The highest BCUT2D eigenvalue weighted by Crippen LogP contribution is 2.19. The molecule has 15 heavy (non-hydrogen) atoms. The highest BCUT2D eigenvalue weighted by molar-refractivity contribution is 5.53. The van der Waals surface area contributed by atoms with Crippen LogP contribution in [0.15, 0.2) is 41.1 Å². The zero-order valence-electron chi connectivity index (χ0n) is 8.94. The first-order chi connectivity index (χ1) is 7.40. The molecular weight excluding hydrogens is 186 g/mol. The van der Waals surface area contributed by atoms with E-state index in [-0.39, 0.29) is 0 Å². The van der Waals surface area contributed by atoms with Crippen LogP contribution < -0.4 is 0 Å². The van der Waals surface area contributed by atoms with Gasteiger partial charge in [0.15, 0.2) is 0 Å². The monoisotopic (exact) mass is 201 g/mol. The van der Waals surface area contributed by atoms with E-state index in [2.05, 4.69) is 30.1 Å². The van der Waals surface area contributed by atoms with Crippen molar-refractivity contribution in [2.75, 3.05) is 0 Å². The number of unbranched alkanes of at least 4 members (excludes halogenated alkanes) is 1. The molecule has 0 saturated heterocycles. The van der Waals surface area contributed by atoms with Gasteiger partial charge >= 0.3 is 0 Å². The lowest BCUT2D eigenvalue weighted by atomic mass is 10.1. The number of benzene rings is 1. The number of oxazole rings is 1. The Morgan fingerprint density at radius 2 is 2.27 bits per heavy atom. The van der Waals surface area contributed by atoms with Crippen molar-refractivity contribution in [2.45, 2.75) is 26.2 Å². The number of nitrogens with zero attached hydrogens (tertiary/aromatic N) is 1. The SMILES string of the molecule is CCCCc1cccc(-c2ncco2)c1. The van der Waals surface area contributed by atoms with Gasteiger partial charge < -0.3 is 4.42 Å². The summed E-state index contributed by atoms with van der Waals surface area (Å²) in [5.74, 6) is 0.702. The van der Waals surface area contributed by atoms with Crippen LogP contribution in [0.3, 0.4) is 0 Å². The maximum absolute atomic E-state index is 5.27. The number of hydrogen-bond acceptors (Lipinski definition) is 2. The highest BCUT2D eigenvalue weighted by Gasteiger charge is 2.02. The summed E-state index contributed by atoms with van der Waals surface area (Å²) in [7, 11) is 0. The third-order valence-corrected chi connectivity index (χ3v) is 2.43. The summed E-state index contributed by atoms with van der Waals surface area (Å²) in [6, 6.07) is 8.40. The van der Waals surface area contributed by atoms with Gasteiger partial charge in [0.05, 0.1) is 6.20 Å². The lowest BCUT2D eigenvalue weighted by molar-refractivity contribution is 0.574. The van der Waals surface area contributed by atoms with E-state index in [4.69, 9.17) is 4.42 Å². The van der Waals surface area contributed by atoms with E-state index >= 15 is 0 Å². The number of aromatic nitrogens is 1. The molecule has 0 fully saturated rings. The van der Waals surface area contributed by atoms with Gasteiger partial charge in [-0.15, -0.1) is 0 Å². The van der Waals surface area contributed by atoms with Gasteiger partial charge in [-0.05, 0) is 30.5 Å². The molecule has 0 amide bonds. The van der Waals surface area contributed by atoms with Crippen molar-refractivity contribution in [3.05, 3.63) is 42.3 Å². The Kier molecular flexibility index (Phi) is 3.18. The molecule has 0 saturated carbocycles. The van der Waals surface area contributed by atoms with E-state index in [9.17, 15) is 0 Å². The van der Waals surface area contributed by atoms with E-state index in [0.717, 1.165) is 12.0 Å². The fourth-order valence-corrected chi connectivity index (χ4v) is 1.61. The number of hydrogen-bond donors (Lipinski definition) is 0. The smallest absolute Gasteiger partial charge is 0.225 e. The van der Waals surface area contributed by atoms with E-state index < -0.39 is 0 Å². The van der Waals surface area contributed by atoms with Gasteiger partial charge in [0.2, 0.25) is 5.89 Å². The molecule has 0 atom stereocenters. The quantitative estimate of drug-likeness (QED) is 0.754. The Morgan fingerprint density at radius 3 is 3.00 bits per heavy atom. The molecule has 0 N–H and O–H groups in total. The van der Waals surface area contributed by atoms with Crippen molar-refractivity contribution in [1.82, 2.24) is 4.98 Å². The van der Waals surface area contributed by atoms with Crippen LogP contribution in [-0.2, 0) is 6.42 Å². The molecule has 1 aromatic heterocycles. The summed E-state index contributed by atoms with van der Waals surface area (Å²) in [6.45, 7) is 2.21. The van der Waals surface area contributed by atoms with Crippen molar-refractivity contribution >= 4 is 0 Å². The summed E-state index contributed by atoms with van der Waals surface area (Å²) >= 11 is 0. The van der Waals surface area contributed by atoms with Crippen LogP contribution in [0.4, 0.5) is 0 Å². The fourth-order valence-electron chi connectivity index (χ4n) is 1.61. The van der Waals surface area contributed by atoms with Crippen LogP contribution in [-0.4, -0.2) is 4.98 Å². The Bertz CT molecular complexity index is 406. The molecule has 1 heterocycles. The van der Waals surface area contributed by atoms with E-state index in [1.54, 1.807) is 12.5 Å². The minimum Gasteiger partial charge on any atom is -0.445 e. The van der Waals surface area contributed by atoms with Crippen LogP contribution in [0.1, 0.15) is 25.3 Å². The molecule has 0 bridgehead atoms. The molecule has 1 aromatic carbocycles. The van der Waals surface area contributed by atoms with Gasteiger partial charge in [-0.25, -0.2) is 4.98 Å². The molecule has 0 unspecified atom stereocenters. The topological polar surface area (TPSA) is 26.0 Å². The van der Waals surface area contributed by atoms with Crippen molar-refractivity contribution in [3.8, 4) is 11.5 Å². The predicted octanol–water partition coefficient (Wildman–Crippen LogP) is 3.68. The van der Waals surface area contributed by atoms with E-state index in [1.165, 1.54) is 18.4 Å². The first-order valence-corrected chi connectivity index (χ1v) is 5.39. The van der Waals surface area contributed by atoms with Crippen LogP contribution in [0, 0.1) is 0 Å². The van der Waals surface area contributed by atoms with E-state index in [1.807, 2.05) is 6.07 Å². The van der Waals surface area contributed by atoms with Crippen LogP contribution in [0.25, 0.3) is 11.5 Å². The van der Waals surface area contributed by atoms with Gasteiger partial charge in [0, 0.05) is 5.56 Å². The Labute approximate surface area is 90.0 Å². The number of rotatable bonds is 4. The molecule has 2 nitrogen and oxygen atoms in total. The van der Waals surface area contributed by atoms with Gasteiger partial charge in [-0.2, -0.15) is 0 Å². The molecule has 78 valence electrons. The Hall–Kier alpha value is -1.57. The van der Waals surface area contributed by atoms with E-state index in [0.29, 0.717) is 5.89 Å². The van der Waals surface area contributed by atoms with Crippen molar-refractivity contribution in [3.63, 3.8) is 0 Å². The summed E-state index contributed by atoms with van der Waals surface area (Å²) in [5.41, 5.74) is 2.42. The predicted molar refractivity (Wildman–Crippen MR) is 60.6 cm³/mol. The third-order valence-electron chi connectivity index (χ3n) is 2.43. The molecule has 0 aliphatic heterocycles. The molecule has 2 heteroatoms. The summed E-state index contributed by atoms with van der Waals surface area (Å²) in [6.07, 6.45) is 6.87. The second-order valence-electron chi connectivity index (χ2n) is 3.64. The maximum Gasteiger partial charge on any atom is 0.225 e. The largest absolute Gasteiger partial charge is 0.445 e. The molecule has 0 aliphatic rings. The van der Waals surface area contributed by atoms with Gasteiger partial charge in [-0.1, -0.05) is 25.5 Å². The minimum atomic E-state index is 0.702. The van der Waals surface area contributed by atoms with Crippen LogP contribution >= 0.6 is 0 Å². The normalized spacial score (nSPS) is 10.5. The maximum atomic E-state index is 5.27. The Morgan fingerprint density at radius 1 is 1.33 bits per heavy atom. The molecule has 2 aromatic rings. The molecule has 0 radical (unpaired) electrons. The Balaban J connectivity index is 2.19. The standard InChI is InChI=1S/C13H15NO/c1-2-3-5-11-6-4-7-12(10-11)13-14-8-9-15-13/h4,6-10H,2-3,5H2,1H3. The third kappa shape index (κ3) is 2.46. The first-order valence-electron chi connectivity index (χ1n) is 5.39. The van der Waals surface area contributed by atoms with Gasteiger partial charge in [-0.3, -0.25) is 0 Å². The van der Waals surface area contributed by atoms with Crippen molar-refractivity contribution in [2.24, 2.45) is 0 Å². The fraction of sp³-hybridized carbons (Fsp3) is 0.308. The second kappa shape index (κ2) is 4.78.